The number of amides is 1. The highest BCUT2D eigenvalue weighted by Crippen LogP contribution is 2.22. The zero-order valence-corrected chi connectivity index (χ0v) is 13.1. The second-order valence-corrected chi connectivity index (χ2v) is 6.48. The van der Waals surface area contributed by atoms with Crippen molar-refractivity contribution in [3.63, 3.8) is 0 Å². The van der Waals surface area contributed by atoms with E-state index >= 15 is 0 Å². The largest absolute Gasteiger partial charge is 0.478 e. The van der Waals surface area contributed by atoms with Crippen LogP contribution in [0.1, 0.15) is 52.6 Å². The highest BCUT2D eigenvalue weighted by molar-refractivity contribution is 6.06. The van der Waals surface area contributed by atoms with E-state index in [0.717, 1.165) is 0 Å². The van der Waals surface area contributed by atoms with Crippen molar-refractivity contribution in [1.29, 1.82) is 0 Å². The number of hydrogen-bond acceptors (Lipinski definition) is 2. The maximum Gasteiger partial charge on any atom is 0.336 e. The Morgan fingerprint density at radius 1 is 1.10 bits per heavy atom. The van der Waals surface area contributed by atoms with Crippen molar-refractivity contribution in [2.24, 2.45) is 5.41 Å². The summed E-state index contributed by atoms with van der Waals surface area (Å²) in [5.41, 5.74) is 1.67. The molecule has 4 nitrogen and oxygen atoms in total. The molecule has 1 amide bonds. The van der Waals surface area contributed by atoms with Crippen molar-refractivity contribution < 1.29 is 14.7 Å². The van der Waals surface area contributed by atoms with Gasteiger partial charge in [-0.15, -0.1) is 0 Å². The van der Waals surface area contributed by atoms with E-state index in [1.165, 1.54) is 0 Å². The predicted molar refractivity (Wildman–Crippen MR) is 79.3 cm³/mol. The minimum absolute atomic E-state index is 0.0362. The first-order chi connectivity index (χ1) is 9.04. The van der Waals surface area contributed by atoms with E-state index in [4.69, 9.17) is 0 Å². The SMILES string of the molecule is Cc1ccc(C)c(C(=O)N(C)CC(C)(C)C)c1C(=O)O. The average Bonchev–Trinajstić information content (AvgIpc) is 2.28. The molecule has 0 radical (unpaired) electrons. The van der Waals surface area contributed by atoms with E-state index in [1.807, 2.05) is 20.8 Å². The van der Waals surface area contributed by atoms with Crippen molar-refractivity contribution in [2.75, 3.05) is 13.6 Å². The molecule has 1 rings (SSSR count). The lowest BCUT2D eigenvalue weighted by Gasteiger charge is -2.27. The monoisotopic (exact) mass is 277 g/mol. The molecule has 1 aromatic carbocycles. The molecule has 0 aliphatic rings. The number of carboxylic acid groups (broad SMARTS) is 1. The molecule has 0 heterocycles. The van der Waals surface area contributed by atoms with Gasteiger partial charge >= 0.3 is 5.97 Å². The fourth-order valence-corrected chi connectivity index (χ4v) is 2.34. The number of benzene rings is 1. The van der Waals surface area contributed by atoms with E-state index in [2.05, 4.69) is 0 Å². The Hall–Kier alpha value is -1.84. The first kappa shape index (κ1) is 16.2. The summed E-state index contributed by atoms with van der Waals surface area (Å²) in [5, 5.41) is 9.36. The fraction of sp³-hybridized carbons (Fsp3) is 0.500. The van der Waals surface area contributed by atoms with Crippen LogP contribution in [0.15, 0.2) is 12.1 Å². The summed E-state index contributed by atoms with van der Waals surface area (Å²) in [5.74, 6) is -1.29. The molecule has 0 aliphatic carbocycles. The van der Waals surface area contributed by atoms with Gasteiger partial charge in [0.1, 0.15) is 0 Å². The number of rotatable bonds is 3. The van der Waals surface area contributed by atoms with Gasteiger partial charge in [-0.25, -0.2) is 4.79 Å². The maximum atomic E-state index is 12.6. The molecule has 0 unspecified atom stereocenters. The van der Waals surface area contributed by atoms with Crippen LogP contribution in [-0.2, 0) is 0 Å². The second-order valence-electron chi connectivity index (χ2n) is 6.48. The summed E-state index contributed by atoms with van der Waals surface area (Å²) in [6.07, 6.45) is 0. The van der Waals surface area contributed by atoms with Crippen LogP contribution in [0.3, 0.4) is 0 Å². The molecule has 1 aromatic rings. The Balaban J connectivity index is 3.29. The molecule has 0 spiro atoms. The number of carbonyl (C=O) groups is 2. The molecule has 4 heteroatoms. The highest BCUT2D eigenvalue weighted by atomic mass is 16.4. The Kier molecular flexibility index (Phi) is 4.58. The first-order valence-corrected chi connectivity index (χ1v) is 6.63. The van der Waals surface area contributed by atoms with Crippen LogP contribution < -0.4 is 0 Å². The minimum Gasteiger partial charge on any atom is -0.478 e. The Morgan fingerprint density at radius 2 is 1.55 bits per heavy atom. The third kappa shape index (κ3) is 3.59. The minimum atomic E-state index is -1.06. The first-order valence-electron chi connectivity index (χ1n) is 6.63. The molecule has 110 valence electrons. The quantitative estimate of drug-likeness (QED) is 0.923. The van der Waals surface area contributed by atoms with Gasteiger partial charge in [0.2, 0.25) is 0 Å². The van der Waals surface area contributed by atoms with Gasteiger partial charge in [-0.2, -0.15) is 0 Å². The normalized spacial score (nSPS) is 11.3. The summed E-state index contributed by atoms with van der Waals surface area (Å²) < 4.78 is 0. The van der Waals surface area contributed by atoms with Crippen LogP contribution >= 0.6 is 0 Å². The van der Waals surface area contributed by atoms with Gasteiger partial charge in [-0.3, -0.25) is 4.79 Å². The van der Waals surface area contributed by atoms with E-state index in [9.17, 15) is 14.7 Å². The summed E-state index contributed by atoms with van der Waals surface area (Å²) in [4.78, 5) is 25.6. The number of carbonyl (C=O) groups excluding carboxylic acids is 1. The van der Waals surface area contributed by atoms with Crippen molar-refractivity contribution in [3.05, 3.63) is 34.4 Å². The zero-order chi connectivity index (χ0) is 15.7. The van der Waals surface area contributed by atoms with E-state index in [1.54, 1.807) is 37.9 Å². The number of aromatic carboxylic acids is 1. The van der Waals surface area contributed by atoms with E-state index < -0.39 is 5.97 Å². The number of aryl methyl sites for hydroxylation is 2. The lowest BCUT2D eigenvalue weighted by Crippen LogP contribution is -2.35. The van der Waals surface area contributed by atoms with Gasteiger partial charge in [0, 0.05) is 13.6 Å². The molecule has 0 saturated carbocycles. The van der Waals surface area contributed by atoms with E-state index in [-0.39, 0.29) is 16.9 Å². The number of hydrogen-bond donors (Lipinski definition) is 1. The lowest BCUT2D eigenvalue weighted by atomic mass is 9.93. The van der Waals surface area contributed by atoms with Gasteiger partial charge in [0.15, 0.2) is 0 Å². The third-order valence-electron chi connectivity index (χ3n) is 3.11. The predicted octanol–water partition coefficient (Wildman–Crippen LogP) is 3.12. The van der Waals surface area contributed by atoms with Crippen LogP contribution in [0.25, 0.3) is 0 Å². The molecule has 20 heavy (non-hydrogen) atoms. The summed E-state index contributed by atoms with van der Waals surface area (Å²) >= 11 is 0. The Morgan fingerprint density at radius 3 is 1.95 bits per heavy atom. The molecule has 0 aliphatic heterocycles. The molecule has 0 fully saturated rings. The molecule has 0 atom stereocenters. The average molecular weight is 277 g/mol. The van der Waals surface area contributed by atoms with Gasteiger partial charge in [0.05, 0.1) is 11.1 Å². The van der Waals surface area contributed by atoms with Crippen molar-refractivity contribution in [3.8, 4) is 0 Å². The van der Waals surface area contributed by atoms with Crippen LogP contribution in [0.2, 0.25) is 0 Å². The molecule has 0 aromatic heterocycles. The van der Waals surface area contributed by atoms with Crippen molar-refractivity contribution in [2.45, 2.75) is 34.6 Å². The van der Waals surface area contributed by atoms with Crippen LogP contribution in [0, 0.1) is 19.3 Å². The van der Waals surface area contributed by atoms with E-state index in [0.29, 0.717) is 23.2 Å². The zero-order valence-electron chi connectivity index (χ0n) is 13.1. The van der Waals surface area contributed by atoms with Gasteiger partial charge < -0.3 is 10.0 Å². The second kappa shape index (κ2) is 5.65. The Labute approximate surface area is 120 Å². The molecular weight excluding hydrogens is 254 g/mol. The smallest absolute Gasteiger partial charge is 0.336 e. The fourth-order valence-electron chi connectivity index (χ4n) is 2.34. The standard InChI is InChI=1S/C16H23NO3/c1-10-7-8-11(2)13(15(19)20)12(10)14(18)17(6)9-16(3,4)5/h7-8H,9H2,1-6H3,(H,19,20). The highest BCUT2D eigenvalue weighted by Gasteiger charge is 2.25. The topological polar surface area (TPSA) is 57.6 Å². The molecule has 1 N–H and O–H groups in total. The van der Waals surface area contributed by atoms with Gasteiger partial charge in [0.25, 0.3) is 5.91 Å². The lowest BCUT2D eigenvalue weighted by molar-refractivity contribution is 0.0672. The van der Waals surface area contributed by atoms with Crippen LogP contribution in [-0.4, -0.2) is 35.5 Å². The van der Waals surface area contributed by atoms with Crippen molar-refractivity contribution >= 4 is 11.9 Å². The number of carboxylic acids is 1. The van der Waals surface area contributed by atoms with Crippen molar-refractivity contribution in [1.82, 2.24) is 4.90 Å². The van der Waals surface area contributed by atoms with Gasteiger partial charge in [-0.05, 0) is 30.4 Å². The molecular formula is C16H23NO3. The van der Waals surface area contributed by atoms with Gasteiger partial charge in [-0.1, -0.05) is 32.9 Å². The van der Waals surface area contributed by atoms with Crippen LogP contribution in [0.4, 0.5) is 0 Å². The summed E-state index contributed by atoms with van der Waals surface area (Å²) in [6.45, 7) is 10.2. The summed E-state index contributed by atoms with van der Waals surface area (Å²) in [7, 11) is 1.71. The summed E-state index contributed by atoms with van der Waals surface area (Å²) in [6, 6.07) is 3.53. The van der Waals surface area contributed by atoms with Crippen LogP contribution in [0.5, 0.6) is 0 Å². The maximum absolute atomic E-state index is 12.6. The third-order valence-corrected chi connectivity index (χ3v) is 3.11. The number of nitrogens with zero attached hydrogens (tertiary/aromatic N) is 1. The molecule has 0 bridgehead atoms. The Bertz CT molecular complexity index is 541. The molecule has 0 saturated heterocycles.